The second-order valence-electron chi connectivity index (χ2n) is 10.7. The molecule has 0 saturated carbocycles. The van der Waals surface area contributed by atoms with E-state index in [1.165, 1.54) is 28.8 Å². The molecule has 1 amide bonds. The lowest BCUT2D eigenvalue weighted by Crippen LogP contribution is -2.50. The molecule has 8 nitrogen and oxygen atoms in total. The maximum absolute atomic E-state index is 13.9. The summed E-state index contributed by atoms with van der Waals surface area (Å²) in [6.45, 7) is 11.8. The molecule has 0 aliphatic heterocycles. The zero-order chi connectivity index (χ0) is 26.1. The van der Waals surface area contributed by atoms with Gasteiger partial charge in [-0.1, -0.05) is 39.0 Å². The SMILES string of the molecule is Cc1c(C#N)c(=O)n(C(C(=O)NC(C)(C)CC(C)(C)C)c2ccc([N+](=O)[O-])cc2)c2ccccc12. The number of pyridine rings is 1. The maximum atomic E-state index is 13.9. The number of hydrogen-bond acceptors (Lipinski definition) is 5. The third-order valence-corrected chi connectivity index (χ3v) is 5.85. The number of rotatable bonds is 6. The van der Waals surface area contributed by atoms with Crippen molar-refractivity contribution in [1.82, 2.24) is 9.88 Å². The van der Waals surface area contributed by atoms with Crippen LogP contribution < -0.4 is 10.9 Å². The molecule has 1 N–H and O–H groups in total. The summed E-state index contributed by atoms with van der Waals surface area (Å²) in [5.41, 5.74) is 0.0198. The Balaban J connectivity index is 2.29. The summed E-state index contributed by atoms with van der Waals surface area (Å²) >= 11 is 0. The normalized spacial score (nSPS) is 12.7. The summed E-state index contributed by atoms with van der Waals surface area (Å²) in [7, 11) is 0. The van der Waals surface area contributed by atoms with Gasteiger partial charge in [0, 0.05) is 23.1 Å². The summed E-state index contributed by atoms with van der Waals surface area (Å²) in [6.07, 6.45) is 0.672. The molecule has 8 heteroatoms. The quantitative estimate of drug-likeness (QED) is 0.398. The molecule has 3 rings (SSSR count). The predicted molar refractivity (Wildman–Crippen MR) is 135 cm³/mol. The molecule has 0 spiro atoms. The van der Waals surface area contributed by atoms with E-state index in [-0.39, 0.29) is 16.7 Å². The maximum Gasteiger partial charge on any atom is 0.270 e. The first-order valence-corrected chi connectivity index (χ1v) is 11.4. The Morgan fingerprint density at radius 2 is 1.71 bits per heavy atom. The highest BCUT2D eigenvalue weighted by Crippen LogP contribution is 2.30. The van der Waals surface area contributed by atoms with Gasteiger partial charge in [-0.2, -0.15) is 5.26 Å². The van der Waals surface area contributed by atoms with Crippen LogP contribution in [-0.2, 0) is 4.79 Å². The minimum atomic E-state index is -1.14. The fourth-order valence-electron chi connectivity index (χ4n) is 4.88. The lowest BCUT2D eigenvalue weighted by Gasteiger charge is -2.35. The molecule has 0 aliphatic rings. The molecule has 0 aliphatic carbocycles. The molecule has 1 unspecified atom stereocenters. The number of hydrogen-bond donors (Lipinski definition) is 1. The van der Waals surface area contributed by atoms with Crippen LogP contribution in [0, 0.1) is 33.8 Å². The number of aryl methyl sites for hydroxylation is 1. The Labute approximate surface area is 204 Å². The minimum absolute atomic E-state index is 0.0441. The van der Waals surface area contributed by atoms with Gasteiger partial charge < -0.3 is 5.32 Å². The topological polar surface area (TPSA) is 118 Å². The van der Waals surface area contributed by atoms with Crippen molar-refractivity contribution in [2.24, 2.45) is 5.41 Å². The summed E-state index contributed by atoms with van der Waals surface area (Å²) in [5.74, 6) is -0.437. The van der Waals surface area contributed by atoms with Gasteiger partial charge in [0.1, 0.15) is 17.7 Å². The van der Waals surface area contributed by atoms with Crippen LogP contribution in [-0.4, -0.2) is 20.9 Å². The van der Waals surface area contributed by atoms with Crippen LogP contribution >= 0.6 is 0 Å². The van der Waals surface area contributed by atoms with Crippen LogP contribution in [0.3, 0.4) is 0 Å². The van der Waals surface area contributed by atoms with E-state index < -0.39 is 28.0 Å². The molecule has 0 bridgehead atoms. The Bertz CT molecular complexity index is 1390. The number of fused-ring (bicyclic) bond motifs is 1. The van der Waals surface area contributed by atoms with Gasteiger partial charge in [-0.3, -0.25) is 24.3 Å². The van der Waals surface area contributed by atoms with Crippen molar-refractivity contribution in [2.75, 3.05) is 0 Å². The van der Waals surface area contributed by atoms with E-state index in [2.05, 4.69) is 26.1 Å². The molecule has 1 heterocycles. The number of benzene rings is 2. The van der Waals surface area contributed by atoms with Gasteiger partial charge in [-0.05, 0) is 61.9 Å². The van der Waals surface area contributed by atoms with Crippen LogP contribution in [0.5, 0.6) is 0 Å². The lowest BCUT2D eigenvalue weighted by atomic mass is 9.81. The molecular formula is C27H30N4O4. The summed E-state index contributed by atoms with van der Waals surface area (Å²) < 4.78 is 1.32. The van der Waals surface area contributed by atoms with E-state index in [0.717, 1.165) is 0 Å². The summed E-state index contributed by atoms with van der Waals surface area (Å²) in [6, 6.07) is 13.5. The number of non-ortho nitro benzene ring substituents is 1. The first-order chi connectivity index (χ1) is 16.3. The van der Waals surface area contributed by atoms with E-state index in [1.54, 1.807) is 31.2 Å². The fraction of sp³-hybridized carbons (Fsp3) is 0.370. The highest BCUT2D eigenvalue weighted by Gasteiger charge is 2.33. The van der Waals surface area contributed by atoms with Crippen LogP contribution in [0.1, 0.15) is 63.8 Å². The largest absolute Gasteiger partial charge is 0.349 e. The Kier molecular flexibility index (Phi) is 6.84. The highest BCUT2D eigenvalue weighted by molar-refractivity contribution is 5.89. The average Bonchev–Trinajstić information content (AvgIpc) is 2.75. The van der Waals surface area contributed by atoms with Gasteiger partial charge in [0.05, 0.1) is 10.4 Å². The molecule has 182 valence electrons. The first kappa shape index (κ1) is 25.6. The second kappa shape index (κ2) is 9.34. The number of carbonyl (C=O) groups is 1. The molecule has 1 aromatic heterocycles. The standard InChI is InChI=1S/C27H30N4O4/c1-17-20-9-7-8-10-22(20)30(25(33)21(17)15-28)23(18-11-13-19(14-12-18)31(34)35)24(32)29-27(5,6)16-26(2,3)4/h7-14,23H,16H2,1-6H3,(H,29,32). The van der Waals surface area contributed by atoms with Gasteiger partial charge in [-0.15, -0.1) is 0 Å². The average molecular weight is 475 g/mol. The molecule has 3 aromatic rings. The molecule has 1 atom stereocenters. The van der Waals surface area contributed by atoms with Crippen molar-refractivity contribution in [3.8, 4) is 6.07 Å². The lowest BCUT2D eigenvalue weighted by molar-refractivity contribution is -0.384. The smallest absolute Gasteiger partial charge is 0.270 e. The van der Waals surface area contributed by atoms with Gasteiger partial charge in [-0.25, -0.2) is 0 Å². The third-order valence-electron chi connectivity index (χ3n) is 5.85. The number of nitro benzene ring substituents is 1. The monoisotopic (exact) mass is 474 g/mol. The van der Waals surface area contributed by atoms with E-state index in [1.807, 2.05) is 19.9 Å². The fourth-order valence-corrected chi connectivity index (χ4v) is 4.88. The number of nitro groups is 1. The van der Waals surface area contributed by atoms with Crippen molar-refractivity contribution < 1.29 is 9.72 Å². The van der Waals surface area contributed by atoms with E-state index in [4.69, 9.17) is 0 Å². The molecule has 2 aromatic carbocycles. The number of carbonyl (C=O) groups excluding carboxylic acids is 1. The van der Waals surface area contributed by atoms with E-state index in [0.29, 0.717) is 28.5 Å². The van der Waals surface area contributed by atoms with Gasteiger partial charge in [0.15, 0.2) is 0 Å². The van der Waals surface area contributed by atoms with Crippen LogP contribution in [0.15, 0.2) is 53.3 Å². The van der Waals surface area contributed by atoms with Crippen molar-refractivity contribution in [3.05, 3.63) is 85.7 Å². The Hall–Kier alpha value is -3.99. The summed E-state index contributed by atoms with van der Waals surface area (Å²) in [4.78, 5) is 38.1. The van der Waals surface area contributed by atoms with Crippen molar-refractivity contribution in [1.29, 1.82) is 5.26 Å². The number of nitrogens with one attached hydrogen (secondary N) is 1. The second-order valence-corrected chi connectivity index (χ2v) is 10.7. The van der Waals surface area contributed by atoms with Crippen LogP contribution in [0.2, 0.25) is 0 Å². The number of para-hydroxylation sites is 1. The minimum Gasteiger partial charge on any atom is -0.349 e. The zero-order valence-electron chi connectivity index (χ0n) is 20.9. The highest BCUT2D eigenvalue weighted by atomic mass is 16.6. The molecule has 0 radical (unpaired) electrons. The number of nitrogens with zero attached hydrogens (tertiary/aromatic N) is 3. The molecule has 0 saturated heterocycles. The number of nitriles is 1. The predicted octanol–water partition coefficient (Wildman–Crippen LogP) is 5.01. The third kappa shape index (κ3) is 5.40. The number of amides is 1. The molecule has 35 heavy (non-hydrogen) atoms. The van der Waals surface area contributed by atoms with Crippen molar-refractivity contribution in [2.45, 2.75) is 59.5 Å². The zero-order valence-corrected chi connectivity index (χ0v) is 20.9. The van der Waals surface area contributed by atoms with Crippen LogP contribution in [0.25, 0.3) is 10.9 Å². The van der Waals surface area contributed by atoms with Crippen LogP contribution in [0.4, 0.5) is 5.69 Å². The number of aromatic nitrogens is 1. The van der Waals surface area contributed by atoms with Gasteiger partial charge >= 0.3 is 0 Å². The first-order valence-electron chi connectivity index (χ1n) is 11.4. The Morgan fingerprint density at radius 1 is 1.11 bits per heavy atom. The Morgan fingerprint density at radius 3 is 2.26 bits per heavy atom. The van der Waals surface area contributed by atoms with E-state index in [9.17, 15) is 25.0 Å². The molecule has 0 fully saturated rings. The van der Waals surface area contributed by atoms with Crippen molar-refractivity contribution >= 4 is 22.5 Å². The molecular weight excluding hydrogens is 444 g/mol. The van der Waals surface area contributed by atoms with Crippen molar-refractivity contribution in [3.63, 3.8) is 0 Å². The van der Waals surface area contributed by atoms with Gasteiger partial charge in [0.2, 0.25) is 5.91 Å². The van der Waals surface area contributed by atoms with E-state index >= 15 is 0 Å². The van der Waals surface area contributed by atoms with Gasteiger partial charge in [0.25, 0.3) is 11.2 Å². The summed E-state index contributed by atoms with van der Waals surface area (Å²) in [5, 5.41) is 24.7.